The SMILES string of the molecule is CC(C#N)Nc1ccc(N(C)C)cc1. The number of anilines is 2. The van der Waals surface area contributed by atoms with E-state index < -0.39 is 0 Å². The van der Waals surface area contributed by atoms with Crippen molar-refractivity contribution in [2.24, 2.45) is 0 Å². The van der Waals surface area contributed by atoms with Gasteiger partial charge in [0.15, 0.2) is 0 Å². The molecule has 1 atom stereocenters. The molecule has 1 aromatic carbocycles. The van der Waals surface area contributed by atoms with Crippen molar-refractivity contribution in [1.29, 1.82) is 5.26 Å². The molecule has 3 heteroatoms. The van der Waals surface area contributed by atoms with E-state index in [-0.39, 0.29) is 6.04 Å². The Morgan fingerprint density at radius 2 is 1.86 bits per heavy atom. The van der Waals surface area contributed by atoms with Gasteiger partial charge in [0.1, 0.15) is 6.04 Å². The molecule has 0 aliphatic rings. The van der Waals surface area contributed by atoms with Crippen LogP contribution in [0, 0.1) is 11.3 Å². The van der Waals surface area contributed by atoms with Crippen molar-refractivity contribution in [2.45, 2.75) is 13.0 Å². The second kappa shape index (κ2) is 4.52. The minimum Gasteiger partial charge on any atom is -0.378 e. The molecule has 0 saturated carbocycles. The molecule has 1 rings (SSSR count). The van der Waals surface area contributed by atoms with Crippen LogP contribution < -0.4 is 10.2 Å². The monoisotopic (exact) mass is 189 g/mol. The zero-order valence-corrected chi connectivity index (χ0v) is 8.78. The van der Waals surface area contributed by atoms with Crippen LogP contribution in [-0.4, -0.2) is 20.1 Å². The summed E-state index contributed by atoms with van der Waals surface area (Å²) in [4.78, 5) is 2.04. The van der Waals surface area contributed by atoms with E-state index in [0.717, 1.165) is 11.4 Å². The summed E-state index contributed by atoms with van der Waals surface area (Å²) in [5.41, 5.74) is 2.13. The minimum atomic E-state index is -0.153. The second-order valence-corrected chi connectivity index (χ2v) is 3.44. The number of hydrogen-bond acceptors (Lipinski definition) is 3. The van der Waals surface area contributed by atoms with E-state index in [9.17, 15) is 0 Å². The Balaban J connectivity index is 2.70. The Labute approximate surface area is 85.0 Å². The van der Waals surface area contributed by atoms with Crippen molar-refractivity contribution in [3.63, 3.8) is 0 Å². The molecule has 0 spiro atoms. The smallest absolute Gasteiger partial charge is 0.111 e. The first-order valence-corrected chi connectivity index (χ1v) is 4.57. The standard InChI is InChI=1S/C11H15N3/c1-9(8-12)13-10-4-6-11(7-5-10)14(2)3/h4-7,9,13H,1-3H3. The van der Waals surface area contributed by atoms with E-state index >= 15 is 0 Å². The molecule has 0 heterocycles. The summed E-state index contributed by atoms with van der Waals surface area (Å²) in [5.74, 6) is 0. The lowest BCUT2D eigenvalue weighted by atomic mass is 10.2. The van der Waals surface area contributed by atoms with Crippen LogP contribution in [0.3, 0.4) is 0 Å². The van der Waals surface area contributed by atoms with Crippen molar-refractivity contribution < 1.29 is 0 Å². The molecule has 74 valence electrons. The van der Waals surface area contributed by atoms with Gasteiger partial charge >= 0.3 is 0 Å². The zero-order valence-electron chi connectivity index (χ0n) is 8.78. The molecule has 1 unspecified atom stereocenters. The third kappa shape index (κ3) is 2.67. The van der Waals surface area contributed by atoms with Gasteiger partial charge in [-0.1, -0.05) is 0 Å². The summed E-state index contributed by atoms with van der Waals surface area (Å²) in [6.07, 6.45) is 0. The first kappa shape index (κ1) is 10.4. The van der Waals surface area contributed by atoms with Gasteiger partial charge < -0.3 is 10.2 Å². The summed E-state index contributed by atoms with van der Waals surface area (Å²) in [6.45, 7) is 1.83. The molecule has 0 aliphatic carbocycles. The largest absolute Gasteiger partial charge is 0.378 e. The highest BCUT2D eigenvalue weighted by Gasteiger charge is 1.99. The lowest BCUT2D eigenvalue weighted by Crippen LogP contribution is -2.12. The van der Waals surface area contributed by atoms with E-state index in [1.807, 2.05) is 50.2 Å². The predicted octanol–water partition coefficient (Wildman–Crippen LogP) is 2.08. The molecule has 0 aromatic heterocycles. The lowest BCUT2D eigenvalue weighted by molar-refractivity contribution is 1.01. The van der Waals surface area contributed by atoms with Crippen LogP contribution >= 0.6 is 0 Å². The third-order valence-electron chi connectivity index (χ3n) is 1.96. The maximum Gasteiger partial charge on any atom is 0.111 e. The van der Waals surface area contributed by atoms with Crippen LogP contribution in [0.1, 0.15) is 6.92 Å². The molecular formula is C11H15N3. The minimum absolute atomic E-state index is 0.153. The van der Waals surface area contributed by atoms with Crippen molar-refractivity contribution in [2.75, 3.05) is 24.3 Å². The molecule has 3 nitrogen and oxygen atoms in total. The van der Waals surface area contributed by atoms with Crippen LogP contribution in [0.2, 0.25) is 0 Å². The average Bonchev–Trinajstić information content (AvgIpc) is 2.18. The van der Waals surface area contributed by atoms with E-state index in [1.54, 1.807) is 0 Å². The molecule has 0 fully saturated rings. The normalized spacial score (nSPS) is 11.6. The van der Waals surface area contributed by atoms with Gasteiger partial charge in [-0.25, -0.2) is 0 Å². The van der Waals surface area contributed by atoms with Crippen molar-refractivity contribution in [3.8, 4) is 6.07 Å². The summed E-state index contributed by atoms with van der Waals surface area (Å²) in [5, 5.41) is 11.7. The molecule has 1 N–H and O–H groups in total. The highest BCUT2D eigenvalue weighted by atomic mass is 15.1. The van der Waals surface area contributed by atoms with Crippen LogP contribution in [0.15, 0.2) is 24.3 Å². The van der Waals surface area contributed by atoms with E-state index in [2.05, 4.69) is 11.4 Å². The Morgan fingerprint density at radius 3 is 2.29 bits per heavy atom. The van der Waals surface area contributed by atoms with Crippen molar-refractivity contribution in [3.05, 3.63) is 24.3 Å². The molecule has 0 saturated heterocycles. The fourth-order valence-corrected chi connectivity index (χ4v) is 1.14. The van der Waals surface area contributed by atoms with Gasteiger partial charge in [-0.15, -0.1) is 0 Å². The summed E-state index contributed by atoms with van der Waals surface area (Å²) in [6, 6.07) is 9.97. The quantitative estimate of drug-likeness (QED) is 0.791. The molecular weight excluding hydrogens is 174 g/mol. The predicted molar refractivity (Wildman–Crippen MR) is 59.5 cm³/mol. The second-order valence-electron chi connectivity index (χ2n) is 3.44. The van der Waals surface area contributed by atoms with E-state index in [1.165, 1.54) is 0 Å². The number of nitrogens with zero attached hydrogens (tertiary/aromatic N) is 2. The number of benzene rings is 1. The molecule has 0 bridgehead atoms. The summed E-state index contributed by atoms with van der Waals surface area (Å²) < 4.78 is 0. The van der Waals surface area contributed by atoms with Crippen molar-refractivity contribution in [1.82, 2.24) is 0 Å². The maximum atomic E-state index is 8.62. The van der Waals surface area contributed by atoms with E-state index in [0.29, 0.717) is 0 Å². The van der Waals surface area contributed by atoms with Gasteiger partial charge in [0, 0.05) is 25.5 Å². The topological polar surface area (TPSA) is 39.1 Å². The van der Waals surface area contributed by atoms with Crippen LogP contribution in [0.5, 0.6) is 0 Å². The fraction of sp³-hybridized carbons (Fsp3) is 0.364. The van der Waals surface area contributed by atoms with Crippen LogP contribution in [0.25, 0.3) is 0 Å². The van der Waals surface area contributed by atoms with Gasteiger partial charge in [-0.05, 0) is 31.2 Å². The number of nitrogens with one attached hydrogen (secondary N) is 1. The summed E-state index contributed by atoms with van der Waals surface area (Å²) in [7, 11) is 4.00. The molecule has 0 radical (unpaired) electrons. The first-order chi connectivity index (χ1) is 6.63. The molecule has 14 heavy (non-hydrogen) atoms. The Hall–Kier alpha value is -1.69. The van der Waals surface area contributed by atoms with Crippen LogP contribution in [0.4, 0.5) is 11.4 Å². The highest BCUT2D eigenvalue weighted by molar-refractivity contribution is 5.55. The zero-order chi connectivity index (χ0) is 10.6. The Kier molecular flexibility index (Phi) is 3.35. The van der Waals surface area contributed by atoms with Gasteiger partial charge in [0.2, 0.25) is 0 Å². The van der Waals surface area contributed by atoms with Crippen molar-refractivity contribution >= 4 is 11.4 Å². The Morgan fingerprint density at radius 1 is 1.29 bits per heavy atom. The summed E-state index contributed by atoms with van der Waals surface area (Å²) >= 11 is 0. The lowest BCUT2D eigenvalue weighted by Gasteiger charge is -2.13. The van der Waals surface area contributed by atoms with Gasteiger partial charge in [-0.3, -0.25) is 0 Å². The van der Waals surface area contributed by atoms with Gasteiger partial charge in [0.05, 0.1) is 6.07 Å². The third-order valence-corrected chi connectivity index (χ3v) is 1.96. The molecule has 1 aromatic rings. The maximum absolute atomic E-state index is 8.62. The van der Waals surface area contributed by atoms with E-state index in [4.69, 9.17) is 5.26 Å². The van der Waals surface area contributed by atoms with Gasteiger partial charge in [-0.2, -0.15) is 5.26 Å². The molecule has 0 aliphatic heterocycles. The van der Waals surface area contributed by atoms with Crippen LogP contribution in [-0.2, 0) is 0 Å². The highest BCUT2D eigenvalue weighted by Crippen LogP contribution is 2.15. The fourth-order valence-electron chi connectivity index (χ4n) is 1.14. The molecule has 0 amide bonds. The van der Waals surface area contributed by atoms with Gasteiger partial charge in [0.25, 0.3) is 0 Å². The average molecular weight is 189 g/mol. The Bertz CT molecular complexity index is 321. The number of rotatable bonds is 3. The number of hydrogen-bond donors (Lipinski definition) is 1. The number of nitriles is 1. The first-order valence-electron chi connectivity index (χ1n) is 4.57.